The summed E-state index contributed by atoms with van der Waals surface area (Å²) in [5.74, 6) is 2.06. The van der Waals surface area contributed by atoms with Gasteiger partial charge in [-0.05, 0) is 24.2 Å². The maximum absolute atomic E-state index is 6.14. The lowest BCUT2D eigenvalue weighted by molar-refractivity contribution is 0.311. The second-order valence-electron chi connectivity index (χ2n) is 6.11. The number of hydrogen-bond acceptors (Lipinski definition) is 3. The first-order valence-corrected chi connectivity index (χ1v) is 10.5. The standard InChI is InChI=1S/C13H26N2OSSi/c1-13(2,3)18(5,6)16-9-10-17-11-12-7-8-14-15(12)4/h7-8H,9-11H2,1-6H3. The number of aryl methyl sites for hydroxylation is 1. The molecule has 0 atom stereocenters. The van der Waals surface area contributed by atoms with Crippen molar-refractivity contribution in [3.05, 3.63) is 18.0 Å². The molecule has 0 aliphatic carbocycles. The fourth-order valence-corrected chi connectivity index (χ4v) is 3.32. The highest BCUT2D eigenvalue weighted by Gasteiger charge is 2.36. The molecule has 0 aliphatic rings. The molecule has 0 radical (unpaired) electrons. The summed E-state index contributed by atoms with van der Waals surface area (Å²) >= 11 is 1.91. The molecule has 104 valence electrons. The molecule has 0 fully saturated rings. The molecule has 1 aromatic heterocycles. The van der Waals surface area contributed by atoms with Crippen molar-refractivity contribution < 1.29 is 4.43 Å². The molecule has 0 unspecified atom stereocenters. The van der Waals surface area contributed by atoms with Gasteiger partial charge in [0.2, 0.25) is 0 Å². The normalized spacial score (nSPS) is 13.0. The lowest BCUT2D eigenvalue weighted by atomic mass is 10.2. The van der Waals surface area contributed by atoms with E-state index in [-0.39, 0.29) is 0 Å². The van der Waals surface area contributed by atoms with Crippen molar-refractivity contribution in [2.24, 2.45) is 7.05 Å². The second kappa shape index (κ2) is 6.26. The van der Waals surface area contributed by atoms with E-state index in [0.717, 1.165) is 18.1 Å². The Balaban J connectivity index is 2.22. The minimum Gasteiger partial charge on any atom is -0.416 e. The number of hydrogen-bond donors (Lipinski definition) is 0. The van der Waals surface area contributed by atoms with Crippen molar-refractivity contribution in [3.8, 4) is 0 Å². The lowest BCUT2D eigenvalue weighted by Gasteiger charge is -2.36. The fraction of sp³-hybridized carbons (Fsp3) is 0.769. The van der Waals surface area contributed by atoms with Crippen LogP contribution in [0.5, 0.6) is 0 Å². The SMILES string of the molecule is Cn1nccc1CSCCO[Si](C)(C)C(C)(C)C. The van der Waals surface area contributed by atoms with Gasteiger partial charge < -0.3 is 4.43 Å². The molecule has 0 amide bonds. The Labute approximate surface area is 116 Å². The number of thioether (sulfide) groups is 1. The van der Waals surface area contributed by atoms with Crippen LogP contribution in [0, 0.1) is 0 Å². The van der Waals surface area contributed by atoms with Crippen LogP contribution in [0.2, 0.25) is 18.1 Å². The first-order valence-electron chi connectivity index (χ1n) is 6.42. The van der Waals surface area contributed by atoms with E-state index >= 15 is 0 Å². The Hall–Kier alpha value is -0.263. The van der Waals surface area contributed by atoms with Crippen molar-refractivity contribution in [1.82, 2.24) is 9.78 Å². The van der Waals surface area contributed by atoms with Crippen molar-refractivity contribution in [3.63, 3.8) is 0 Å². The molecule has 0 bridgehead atoms. The van der Waals surface area contributed by atoms with E-state index in [1.54, 1.807) is 0 Å². The van der Waals surface area contributed by atoms with E-state index in [0.29, 0.717) is 5.04 Å². The van der Waals surface area contributed by atoms with Crippen LogP contribution in [-0.4, -0.2) is 30.5 Å². The monoisotopic (exact) mass is 286 g/mol. The minimum atomic E-state index is -1.56. The van der Waals surface area contributed by atoms with E-state index in [1.165, 1.54) is 5.69 Å². The zero-order chi connectivity index (χ0) is 13.8. The summed E-state index contributed by atoms with van der Waals surface area (Å²) in [5.41, 5.74) is 1.27. The number of aromatic nitrogens is 2. The predicted octanol–water partition coefficient (Wildman–Crippen LogP) is 3.68. The molecular formula is C13H26N2OSSi. The largest absolute Gasteiger partial charge is 0.416 e. The molecule has 0 aliphatic heterocycles. The summed E-state index contributed by atoms with van der Waals surface area (Å²) in [7, 11) is 0.425. The van der Waals surface area contributed by atoms with Crippen LogP contribution in [0.25, 0.3) is 0 Å². The van der Waals surface area contributed by atoms with Crippen LogP contribution in [0.3, 0.4) is 0 Å². The zero-order valence-electron chi connectivity index (χ0n) is 12.5. The smallest absolute Gasteiger partial charge is 0.192 e. The number of nitrogens with zero attached hydrogens (tertiary/aromatic N) is 2. The van der Waals surface area contributed by atoms with Gasteiger partial charge in [0.1, 0.15) is 0 Å². The highest BCUT2D eigenvalue weighted by Crippen LogP contribution is 2.36. The van der Waals surface area contributed by atoms with Crippen molar-refractivity contribution in [2.45, 2.75) is 44.7 Å². The molecule has 1 heterocycles. The van der Waals surface area contributed by atoms with Gasteiger partial charge in [-0.15, -0.1) is 0 Å². The number of rotatable bonds is 6. The molecule has 0 saturated heterocycles. The lowest BCUT2D eigenvalue weighted by Crippen LogP contribution is -2.41. The Kier molecular flexibility index (Phi) is 5.49. The van der Waals surface area contributed by atoms with Crippen LogP contribution in [0.15, 0.2) is 12.3 Å². The van der Waals surface area contributed by atoms with Crippen LogP contribution in [0.1, 0.15) is 26.5 Å². The van der Waals surface area contributed by atoms with E-state index < -0.39 is 8.32 Å². The van der Waals surface area contributed by atoms with E-state index in [9.17, 15) is 0 Å². The topological polar surface area (TPSA) is 27.1 Å². The Morgan fingerprint density at radius 1 is 1.39 bits per heavy atom. The van der Waals surface area contributed by atoms with Crippen LogP contribution in [0.4, 0.5) is 0 Å². The second-order valence-corrected chi connectivity index (χ2v) is 12.0. The molecule has 0 N–H and O–H groups in total. The molecule has 0 saturated carbocycles. The summed E-state index contributed by atoms with van der Waals surface area (Å²) in [6, 6.07) is 2.07. The molecule has 1 aromatic rings. The highest BCUT2D eigenvalue weighted by atomic mass is 32.2. The van der Waals surface area contributed by atoms with Gasteiger partial charge in [0, 0.05) is 37.1 Å². The minimum absolute atomic E-state index is 0.305. The van der Waals surface area contributed by atoms with Gasteiger partial charge in [-0.25, -0.2) is 0 Å². The fourth-order valence-electron chi connectivity index (χ4n) is 1.29. The molecule has 0 spiro atoms. The predicted molar refractivity (Wildman–Crippen MR) is 82.5 cm³/mol. The Morgan fingerprint density at radius 3 is 2.56 bits per heavy atom. The van der Waals surface area contributed by atoms with E-state index in [4.69, 9.17) is 4.43 Å². The maximum atomic E-state index is 6.14. The van der Waals surface area contributed by atoms with Crippen molar-refractivity contribution in [2.75, 3.05) is 12.4 Å². The van der Waals surface area contributed by atoms with Crippen LogP contribution >= 0.6 is 11.8 Å². The van der Waals surface area contributed by atoms with E-state index in [1.807, 2.05) is 29.7 Å². The third-order valence-electron chi connectivity index (χ3n) is 3.67. The summed E-state index contributed by atoms with van der Waals surface area (Å²) < 4.78 is 8.07. The first kappa shape index (κ1) is 15.8. The molecule has 0 aromatic carbocycles. The van der Waals surface area contributed by atoms with Gasteiger partial charge in [0.15, 0.2) is 8.32 Å². The third-order valence-corrected chi connectivity index (χ3v) is 9.16. The molecular weight excluding hydrogens is 260 g/mol. The quantitative estimate of drug-likeness (QED) is 0.590. The van der Waals surface area contributed by atoms with Gasteiger partial charge in [0.25, 0.3) is 0 Å². The van der Waals surface area contributed by atoms with Crippen molar-refractivity contribution >= 4 is 20.1 Å². The summed E-state index contributed by atoms with van der Waals surface area (Å²) in [4.78, 5) is 0. The molecule has 3 nitrogen and oxygen atoms in total. The van der Waals surface area contributed by atoms with Gasteiger partial charge in [0.05, 0.1) is 0 Å². The van der Waals surface area contributed by atoms with Crippen LogP contribution in [-0.2, 0) is 17.2 Å². The first-order chi connectivity index (χ1) is 8.24. The maximum Gasteiger partial charge on any atom is 0.192 e. The zero-order valence-corrected chi connectivity index (χ0v) is 14.3. The van der Waals surface area contributed by atoms with Gasteiger partial charge >= 0.3 is 0 Å². The average Bonchev–Trinajstić information content (AvgIpc) is 2.62. The third kappa shape index (κ3) is 4.44. The molecule has 5 heteroatoms. The highest BCUT2D eigenvalue weighted by molar-refractivity contribution is 7.98. The Morgan fingerprint density at radius 2 is 2.06 bits per heavy atom. The average molecular weight is 287 g/mol. The van der Waals surface area contributed by atoms with Gasteiger partial charge in [-0.2, -0.15) is 16.9 Å². The summed E-state index contributed by atoms with van der Waals surface area (Å²) in [6.45, 7) is 12.3. The van der Waals surface area contributed by atoms with E-state index in [2.05, 4.69) is 45.0 Å². The Bertz CT molecular complexity index is 371. The summed E-state index contributed by atoms with van der Waals surface area (Å²) in [5, 5.41) is 4.47. The summed E-state index contributed by atoms with van der Waals surface area (Å²) in [6.07, 6.45) is 1.85. The van der Waals surface area contributed by atoms with Gasteiger partial charge in [-0.1, -0.05) is 20.8 Å². The molecule has 1 rings (SSSR count). The molecule has 18 heavy (non-hydrogen) atoms. The van der Waals surface area contributed by atoms with Crippen molar-refractivity contribution in [1.29, 1.82) is 0 Å². The van der Waals surface area contributed by atoms with Crippen LogP contribution < -0.4 is 0 Å². The van der Waals surface area contributed by atoms with Gasteiger partial charge in [-0.3, -0.25) is 4.68 Å².